The fourth-order valence-corrected chi connectivity index (χ4v) is 4.69. The van der Waals surface area contributed by atoms with Gasteiger partial charge in [-0.1, -0.05) is 62.7 Å². The van der Waals surface area contributed by atoms with E-state index in [0.29, 0.717) is 27.2 Å². The van der Waals surface area contributed by atoms with E-state index >= 15 is 0 Å². The van der Waals surface area contributed by atoms with Crippen LogP contribution < -0.4 is 10.9 Å². The highest BCUT2D eigenvalue weighted by atomic mass is 32.2. The molecule has 0 unspecified atom stereocenters. The number of nitrogens with zero attached hydrogens (tertiary/aromatic N) is 3. The van der Waals surface area contributed by atoms with Gasteiger partial charge in [-0.15, -0.1) is 0 Å². The number of carbonyl (C=O) groups is 1. The van der Waals surface area contributed by atoms with Gasteiger partial charge in [0.05, 0.1) is 17.1 Å². The number of amides is 1. The van der Waals surface area contributed by atoms with Gasteiger partial charge >= 0.3 is 0 Å². The molecule has 7 nitrogen and oxygen atoms in total. The van der Waals surface area contributed by atoms with Gasteiger partial charge in [0.15, 0.2) is 0 Å². The van der Waals surface area contributed by atoms with Gasteiger partial charge in [-0.05, 0) is 31.1 Å². The highest BCUT2D eigenvalue weighted by molar-refractivity contribution is 8.26. The van der Waals surface area contributed by atoms with Crippen molar-refractivity contribution < 1.29 is 9.90 Å². The Balaban J connectivity index is 1.91. The molecule has 0 aliphatic carbocycles. The molecule has 0 bridgehead atoms. The fraction of sp³-hybridized carbons (Fsp3) is 0.455. The predicted molar refractivity (Wildman–Crippen MR) is 130 cm³/mol. The third-order valence-corrected chi connectivity index (χ3v) is 6.42. The van der Waals surface area contributed by atoms with Crippen LogP contribution in [0.5, 0.6) is 0 Å². The molecule has 2 N–H and O–H groups in total. The van der Waals surface area contributed by atoms with Gasteiger partial charge in [0.1, 0.15) is 15.8 Å². The number of hydrogen-bond donors (Lipinski definition) is 2. The monoisotopic (exact) mass is 460 g/mol. The minimum absolute atomic E-state index is 0.103. The van der Waals surface area contributed by atoms with E-state index in [1.165, 1.54) is 29.0 Å². The van der Waals surface area contributed by atoms with Crippen LogP contribution in [-0.2, 0) is 4.79 Å². The molecule has 1 aliphatic heterocycles. The lowest BCUT2D eigenvalue weighted by Gasteiger charge is -2.14. The number of thiocarbonyl (C=S) groups is 1. The Labute approximate surface area is 191 Å². The van der Waals surface area contributed by atoms with Crippen LogP contribution in [-0.4, -0.2) is 49.3 Å². The molecule has 3 rings (SSSR count). The molecule has 0 spiro atoms. The van der Waals surface area contributed by atoms with Crippen LogP contribution >= 0.6 is 24.0 Å². The topological polar surface area (TPSA) is 86.9 Å². The number of aliphatic hydroxyl groups excluding tert-OH is 1. The second-order valence-electron chi connectivity index (χ2n) is 7.51. The van der Waals surface area contributed by atoms with Gasteiger partial charge in [-0.2, -0.15) is 0 Å². The van der Waals surface area contributed by atoms with Gasteiger partial charge in [0.25, 0.3) is 11.5 Å². The highest BCUT2D eigenvalue weighted by Crippen LogP contribution is 2.33. The summed E-state index contributed by atoms with van der Waals surface area (Å²) in [5.74, 6) is 0.167. The maximum atomic E-state index is 13.2. The largest absolute Gasteiger partial charge is 0.395 e. The Morgan fingerprint density at radius 1 is 1.23 bits per heavy atom. The van der Waals surface area contributed by atoms with Crippen molar-refractivity contribution in [1.82, 2.24) is 14.3 Å². The van der Waals surface area contributed by atoms with Gasteiger partial charge in [-0.3, -0.25) is 18.9 Å². The second-order valence-corrected chi connectivity index (χ2v) is 9.19. The van der Waals surface area contributed by atoms with Gasteiger partial charge in [0.2, 0.25) is 0 Å². The van der Waals surface area contributed by atoms with Gasteiger partial charge in [-0.25, -0.2) is 4.98 Å². The Hall–Kier alpha value is -2.23. The molecule has 1 fully saturated rings. The summed E-state index contributed by atoms with van der Waals surface area (Å²) in [6.07, 6.45) is 8.78. The van der Waals surface area contributed by atoms with Crippen molar-refractivity contribution in [3.63, 3.8) is 0 Å². The number of aromatic nitrogens is 2. The third-order valence-electron chi connectivity index (χ3n) is 5.04. The molecule has 9 heteroatoms. The van der Waals surface area contributed by atoms with Crippen molar-refractivity contribution >= 4 is 51.7 Å². The van der Waals surface area contributed by atoms with Crippen LogP contribution in [0.1, 0.15) is 50.2 Å². The Kier molecular flexibility index (Phi) is 8.22. The summed E-state index contributed by atoms with van der Waals surface area (Å²) in [5, 5.41) is 12.2. The van der Waals surface area contributed by atoms with Crippen molar-refractivity contribution in [3.8, 4) is 0 Å². The highest BCUT2D eigenvalue weighted by Gasteiger charge is 2.32. The van der Waals surface area contributed by atoms with E-state index in [0.717, 1.165) is 24.8 Å². The van der Waals surface area contributed by atoms with E-state index in [1.807, 2.05) is 13.0 Å². The number of hydrogen-bond acceptors (Lipinski definition) is 7. The van der Waals surface area contributed by atoms with Gasteiger partial charge < -0.3 is 10.4 Å². The van der Waals surface area contributed by atoms with Crippen molar-refractivity contribution in [2.45, 2.75) is 46.0 Å². The number of anilines is 1. The number of carbonyl (C=O) groups excluding carboxylic acids is 1. The zero-order valence-corrected chi connectivity index (χ0v) is 19.5. The van der Waals surface area contributed by atoms with Crippen LogP contribution in [0.25, 0.3) is 11.7 Å². The van der Waals surface area contributed by atoms with E-state index in [9.17, 15) is 14.7 Å². The molecule has 1 aliphatic rings. The maximum Gasteiger partial charge on any atom is 0.267 e. The Morgan fingerprint density at radius 3 is 2.74 bits per heavy atom. The summed E-state index contributed by atoms with van der Waals surface area (Å²) >= 11 is 6.63. The lowest BCUT2D eigenvalue weighted by Crippen LogP contribution is -2.29. The lowest BCUT2D eigenvalue weighted by molar-refractivity contribution is -0.122. The average Bonchev–Trinajstić information content (AvgIpc) is 3.02. The number of aryl methyl sites for hydroxylation is 1. The Bertz CT molecular complexity index is 1060. The van der Waals surface area contributed by atoms with Crippen molar-refractivity contribution in [2.24, 2.45) is 0 Å². The summed E-state index contributed by atoms with van der Waals surface area (Å²) < 4.78 is 1.99. The molecule has 0 saturated carbocycles. The normalized spacial score (nSPS) is 15.5. The van der Waals surface area contributed by atoms with E-state index in [2.05, 4.69) is 17.2 Å². The van der Waals surface area contributed by atoms with E-state index < -0.39 is 0 Å². The van der Waals surface area contributed by atoms with Crippen LogP contribution in [0.4, 0.5) is 5.82 Å². The number of thioether (sulfide) groups is 1. The molecule has 3 heterocycles. The molecule has 0 atom stereocenters. The van der Waals surface area contributed by atoms with Crippen LogP contribution in [0.15, 0.2) is 28.0 Å². The summed E-state index contributed by atoms with van der Waals surface area (Å²) in [4.78, 5) is 32.7. The summed E-state index contributed by atoms with van der Waals surface area (Å²) in [6, 6.07) is 3.64. The SMILES string of the molecule is CCCCCCCN1C(=O)/C(=C/c2c(NCCO)nc3ccc(C)cn3c2=O)SC1=S. The zero-order valence-electron chi connectivity index (χ0n) is 17.9. The number of pyridine rings is 1. The first-order valence-corrected chi connectivity index (χ1v) is 11.8. The smallest absolute Gasteiger partial charge is 0.267 e. The fourth-order valence-electron chi connectivity index (χ4n) is 3.40. The van der Waals surface area contributed by atoms with Crippen molar-refractivity contribution in [1.29, 1.82) is 0 Å². The van der Waals surface area contributed by atoms with Crippen LogP contribution in [0, 0.1) is 6.92 Å². The lowest BCUT2D eigenvalue weighted by atomic mass is 10.1. The summed E-state index contributed by atoms with van der Waals surface area (Å²) in [5.41, 5.74) is 1.42. The first-order chi connectivity index (χ1) is 15.0. The number of aliphatic hydroxyl groups is 1. The van der Waals surface area contributed by atoms with E-state index in [4.69, 9.17) is 12.2 Å². The first-order valence-electron chi connectivity index (χ1n) is 10.6. The molecule has 0 radical (unpaired) electrons. The van der Waals surface area contributed by atoms with Crippen molar-refractivity contribution in [3.05, 3.63) is 44.7 Å². The quantitative estimate of drug-likeness (QED) is 0.318. The van der Waals surface area contributed by atoms with Crippen LogP contribution in [0.3, 0.4) is 0 Å². The molecule has 0 aromatic carbocycles. The molecule has 1 amide bonds. The zero-order chi connectivity index (χ0) is 22.4. The third kappa shape index (κ3) is 5.53. The minimum atomic E-state index is -0.279. The number of nitrogens with one attached hydrogen (secondary N) is 1. The average molecular weight is 461 g/mol. The standard InChI is InChI=1S/C22H28N4O3S2/c1-3-4-5-6-7-11-25-21(29)17(31-22(25)30)13-16-19(23-10-12-27)24-18-9-8-15(2)14-26(18)20(16)28/h8-9,13-14,23,27H,3-7,10-12H2,1-2H3/b17-13-. The summed E-state index contributed by atoms with van der Waals surface area (Å²) in [7, 11) is 0. The minimum Gasteiger partial charge on any atom is -0.395 e. The molecule has 31 heavy (non-hydrogen) atoms. The molecule has 166 valence electrons. The second kappa shape index (κ2) is 10.9. The first kappa shape index (κ1) is 23.4. The van der Waals surface area contributed by atoms with Crippen molar-refractivity contribution in [2.75, 3.05) is 25.0 Å². The summed E-state index contributed by atoms with van der Waals surface area (Å²) in [6.45, 7) is 4.80. The predicted octanol–water partition coefficient (Wildman–Crippen LogP) is 3.58. The van der Waals surface area contributed by atoms with E-state index in [1.54, 1.807) is 23.2 Å². The van der Waals surface area contributed by atoms with Gasteiger partial charge in [0, 0.05) is 19.3 Å². The maximum absolute atomic E-state index is 13.2. The number of unbranched alkanes of at least 4 members (excludes halogenated alkanes) is 4. The number of fused-ring (bicyclic) bond motifs is 1. The van der Waals surface area contributed by atoms with E-state index in [-0.39, 0.29) is 30.2 Å². The molecule has 2 aromatic heterocycles. The van der Waals surface area contributed by atoms with Crippen LogP contribution in [0.2, 0.25) is 0 Å². The number of rotatable bonds is 10. The molecular formula is C22H28N4O3S2. The molecule has 2 aromatic rings. The molecular weight excluding hydrogens is 432 g/mol. The molecule has 1 saturated heterocycles. The Morgan fingerprint density at radius 2 is 2.00 bits per heavy atom.